The summed E-state index contributed by atoms with van der Waals surface area (Å²) in [5, 5.41) is 15.8. The maximum Gasteiger partial charge on any atom is 0.322 e. The molecule has 2 fully saturated rings. The van der Waals surface area contributed by atoms with Gasteiger partial charge in [-0.3, -0.25) is 43.5 Å². The smallest absolute Gasteiger partial charge is 0.322 e. The van der Waals surface area contributed by atoms with Crippen LogP contribution in [-0.4, -0.2) is 216 Å². The summed E-state index contributed by atoms with van der Waals surface area (Å²) in [6.07, 6.45) is 3.21. The van der Waals surface area contributed by atoms with E-state index in [1.165, 1.54) is 12.1 Å². The number of likely N-dealkylation sites (N-methyl/N-ethyl adjacent to an activating group) is 1. The summed E-state index contributed by atoms with van der Waals surface area (Å²) in [5.74, 6) is 1.06. The molecule has 2 aliphatic heterocycles. The number of morpholine rings is 2. The molecule has 0 spiro atoms. The molecule has 9 N–H and O–H groups in total. The Morgan fingerprint density at radius 3 is 1.78 bits per heavy atom. The number of hydrogen-bond donors (Lipinski definition) is 9. The number of rotatable bonds is 26. The number of ketones is 1. The number of hydroxylamine groups is 1. The zero-order valence-electron chi connectivity index (χ0n) is 67.0. The lowest BCUT2D eigenvalue weighted by molar-refractivity contribution is -0.120. The highest BCUT2D eigenvalue weighted by molar-refractivity contribution is 7.89. The summed E-state index contributed by atoms with van der Waals surface area (Å²) in [6.45, 7) is 21.4. The number of amides is 1. The summed E-state index contributed by atoms with van der Waals surface area (Å²) >= 11 is 0. The van der Waals surface area contributed by atoms with Crippen LogP contribution in [0, 0.1) is 13.8 Å². The Bertz CT molecular complexity index is 5620. The average Bonchev–Trinajstić information content (AvgIpc) is 0.746. The Labute approximate surface area is 669 Å². The summed E-state index contributed by atoms with van der Waals surface area (Å²) in [6, 6.07) is 50.8. The molecule has 1 unspecified atom stereocenters. The number of nitrogens with zero attached hydrogens (tertiary/aromatic N) is 7. The molecule has 2 saturated heterocycles. The number of carbonyl (C=O) groups is 2. The first kappa shape index (κ1) is 85.2. The van der Waals surface area contributed by atoms with E-state index >= 15 is 0 Å². The van der Waals surface area contributed by atoms with Crippen LogP contribution in [0.2, 0.25) is 0 Å². The highest BCUT2D eigenvalue weighted by Gasteiger charge is 2.26. The van der Waals surface area contributed by atoms with Crippen LogP contribution >= 0.6 is 0 Å². The SMILES string of the molecule is CCCNOC(c1ccc2[nH]c3ccccc3c(=O)c2c1)N(C)C.CCNC(=O)CNCCCN(C)C.COc1nc(NCCN2CCOCC2)nc(Nc2ccccc2)n1.Cc1ccc2c(c1)C(=O)c1cc3[nH]c4ccc(C)cc4c(=O)c3cc1C2.O=c1c2ccccc2[nH]c2ccc(S(=O)(=O)NCCCN3CCOCC3)cc12. The van der Waals surface area contributed by atoms with Crippen LogP contribution in [0.3, 0.4) is 0 Å². The third-order valence-corrected chi connectivity index (χ3v) is 21.1. The first-order chi connectivity index (χ1) is 55.7. The molecule has 8 aromatic carbocycles. The van der Waals surface area contributed by atoms with Crippen molar-refractivity contribution in [2.75, 3.05) is 157 Å². The molecule has 28 heteroatoms. The summed E-state index contributed by atoms with van der Waals surface area (Å²) in [5.41, 5.74) is 14.8. The Morgan fingerprint density at radius 2 is 1.13 bits per heavy atom. The number of aromatic amines is 3. The van der Waals surface area contributed by atoms with Gasteiger partial charge in [0, 0.05) is 136 Å². The van der Waals surface area contributed by atoms with Crippen molar-refractivity contribution in [3.05, 3.63) is 233 Å². The number of pyridine rings is 3. The lowest BCUT2D eigenvalue weighted by Crippen LogP contribution is -2.39. The first-order valence-electron chi connectivity index (χ1n) is 39.1. The lowest BCUT2D eigenvalue weighted by Gasteiger charge is -2.26. The number of carbonyl (C=O) groups excluding carboxylic acids is 2. The molecule has 27 nitrogen and oxygen atoms in total. The monoisotopic (exact) mass is 1580 g/mol. The summed E-state index contributed by atoms with van der Waals surface area (Å²) in [4.78, 5) is 99.8. The summed E-state index contributed by atoms with van der Waals surface area (Å²) < 4.78 is 43.7. The molecule has 1 atom stereocenters. The van der Waals surface area contributed by atoms with Crippen molar-refractivity contribution >= 4 is 105 Å². The second kappa shape index (κ2) is 41.5. The van der Waals surface area contributed by atoms with E-state index in [9.17, 15) is 32.4 Å². The molecule has 1 amide bonds. The Balaban J connectivity index is 0.000000144. The number of fused-ring (bicyclic) bond motifs is 8. The minimum atomic E-state index is -3.67. The fraction of sp³-hybridized carbons (Fsp3) is 0.356. The van der Waals surface area contributed by atoms with Gasteiger partial charge in [0.25, 0.3) is 0 Å². The molecular formula is C87H106N16O11S. The molecule has 0 radical (unpaired) electrons. The van der Waals surface area contributed by atoms with Gasteiger partial charge in [0.15, 0.2) is 28.3 Å². The zero-order valence-corrected chi connectivity index (χ0v) is 67.9. The van der Waals surface area contributed by atoms with Crippen LogP contribution in [0.4, 0.5) is 17.6 Å². The van der Waals surface area contributed by atoms with Gasteiger partial charge in [0.2, 0.25) is 27.8 Å². The van der Waals surface area contributed by atoms with Crippen LogP contribution < -0.4 is 52.5 Å². The molecule has 15 rings (SSSR count). The number of methoxy groups -OCH3 is 1. The standard InChI is InChI=1S/C23H17NO2.C20H23N3O4S.C19H23N3O2.C16H22N6O2.C9H21N3O/c1-12-3-5-14-9-15-10-19-21(11-17(15)22(25)16(14)7-12)24-20-6-4-13(2)8-18(20)23(19)26;24-20-16-4-1-2-5-18(16)22-19-7-6-15(14-17(19)20)28(25,26)21-8-3-9-23-10-12-27-13-11-23;1-4-11-20-24-19(22(2)3)13-9-10-17-15(12-13)18(23)14-7-5-6-8-16(14)21-17;1-23-16-20-14(17-7-8-22-9-11-24-12-10-22)19-15(21-16)18-13-5-3-2-4-6-13;1-4-11-9(13)8-10-6-5-7-12(2)3/h3-8,10-11H,9H2,1-2H3,(H,24,26);1-2,4-7,14,21H,3,8-13H2,(H,22,24);5-10,12,19-20H,4,11H2,1-3H3,(H,21,23);2-6H,7-12H2,1H3,(H2,17,18,19,20,21);10H,4-8H2,1-3H3,(H,11,13). The molecule has 3 aliphatic rings. The minimum absolute atomic E-state index is 0.0161. The summed E-state index contributed by atoms with van der Waals surface area (Å²) in [7, 11) is 5.86. The van der Waals surface area contributed by atoms with Crippen molar-refractivity contribution < 1.29 is 37.1 Å². The molecule has 6 heterocycles. The molecule has 12 aromatic rings. The van der Waals surface area contributed by atoms with E-state index in [-0.39, 0.29) is 45.1 Å². The maximum absolute atomic E-state index is 13.0. The van der Waals surface area contributed by atoms with Gasteiger partial charge in [-0.1, -0.05) is 84.8 Å². The van der Waals surface area contributed by atoms with Crippen molar-refractivity contribution in [3.63, 3.8) is 0 Å². The second-order valence-corrected chi connectivity index (χ2v) is 30.7. The van der Waals surface area contributed by atoms with Crippen LogP contribution in [-0.2, 0) is 35.5 Å². The number of hydrogen-bond acceptors (Lipinski definition) is 22. The first-order valence-corrected chi connectivity index (χ1v) is 40.6. The van der Waals surface area contributed by atoms with Gasteiger partial charge < -0.3 is 55.3 Å². The number of H-pyrrole nitrogens is 3. The normalized spacial score (nSPS) is 13.9. The van der Waals surface area contributed by atoms with Gasteiger partial charge in [0.05, 0.1) is 50.5 Å². The molecule has 0 bridgehead atoms. The van der Waals surface area contributed by atoms with Gasteiger partial charge >= 0.3 is 6.01 Å². The predicted octanol–water partition coefficient (Wildman–Crippen LogP) is 10.3. The number of benzene rings is 8. The molecule has 115 heavy (non-hydrogen) atoms. The number of aryl methyl sites for hydroxylation is 2. The van der Waals surface area contributed by atoms with Crippen LogP contribution in [0.25, 0.3) is 65.4 Å². The zero-order chi connectivity index (χ0) is 81.4. The molecule has 606 valence electrons. The molecular weight excluding hydrogens is 1480 g/mol. The Morgan fingerprint density at radius 1 is 0.565 bits per heavy atom. The number of para-hydroxylation sites is 3. The van der Waals surface area contributed by atoms with Crippen LogP contribution in [0.5, 0.6) is 6.01 Å². The van der Waals surface area contributed by atoms with E-state index in [0.29, 0.717) is 81.3 Å². The van der Waals surface area contributed by atoms with E-state index in [4.69, 9.17) is 19.0 Å². The number of ether oxygens (including phenoxy) is 3. The van der Waals surface area contributed by atoms with Crippen molar-refractivity contribution in [3.8, 4) is 6.01 Å². The van der Waals surface area contributed by atoms with Crippen molar-refractivity contribution in [2.45, 2.75) is 64.5 Å². The topological polar surface area (TPSA) is 328 Å². The fourth-order valence-electron chi connectivity index (χ4n) is 13.6. The van der Waals surface area contributed by atoms with E-state index in [2.05, 4.69) is 83.0 Å². The maximum atomic E-state index is 13.0. The van der Waals surface area contributed by atoms with Gasteiger partial charge in [-0.2, -0.15) is 15.0 Å². The number of nitrogens with one attached hydrogen (secondary N) is 9. The van der Waals surface area contributed by atoms with Crippen LogP contribution in [0.1, 0.15) is 83.1 Å². The Hall–Kier alpha value is -10.7. The largest absolute Gasteiger partial charge is 0.467 e. The highest BCUT2D eigenvalue weighted by atomic mass is 32.2. The fourth-order valence-corrected chi connectivity index (χ4v) is 14.7. The minimum Gasteiger partial charge on any atom is -0.467 e. The van der Waals surface area contributed by atoms with Gasteiger partial charge in [-0.15, -0.1) is 0 Å². The van der Waals surface area contributed by atoms with E-state index < -0.39 is 10.0 Å². The molecule has 1 aliphatic carbocycles. The highest BCUT2D eigenvalue weighted by Crippen LogP contribution is 2.32. The van der Waals surface area contributed by atoms with E-state index in [1.807, 2.05) is 187 Å². The van der Waals surface area contributed by atoms with Crippen molar-refractivity contribution in [1.29, 1.82) is 0 Å². The van der Waals surface area contributed by atoms with E-state index in [0.717, 1.165) is 178 Å². The number of aromatic nitrogens is 6. The van der Waals surface area contributed by atoms with Gasteiger partial charge in [0.1, 0.15) is 0 Å². The lowest BCUT2D eigenvalue weighted by atomic mass is 9.83. The number of sulfonamides is 1. The molecule has 0 saturated carbocycles. The van der Waals surface area contributed by atoms with Crippen molar-refractivity contribution in [1.82, 2.24) is 70.3 Å². The molecule has 4 aromatic heterocycles. The second-order valence-electron chi connectivity index (χ2n) is 28.9. The third-order valence-electron chi connectivity index (χ3n) is 19.6. The van der Waals surface area contributed by atoms with E-state index in [1.54, 1.807) is 25.3 Å². The van der Waals surface area contributed by atoms with Crippen LogP contribution in [0.15, 0.2) is 183 Å². The van der Waals surface area contributed by atoms with Crippen molar-refractivity contribution in [2.24, 2.45) is 0 Å². The predicted molar refractivity (Wildman–Crippen MR) is 458 cm³/mol. The number of anilines is 3. The quantitative estimate of drug-likeness (QED) is 0.0105. The van der Waals surface area contributed by atoms with Gasteiger partial charge in [-0.05, 0) is 208 Å². The Kier molecular flexibility index (Phi) is 30.8. The average molecular weight is 1580 g/mol. The third kappa shape index (κ3) is 23.3. The van der Waals surface area contributed by atoms with Gasteiger partial charge in [-0.25, -0.2) is 18.6 Å².